The van der Waals surface area contributed by atoms with E-state index < -0.39 is 17.7 Å². The molecule has 0 unspecified atom stereocenters. The van der Waals surface area contributed by atoms with E-state index >= 15 is 0 Å². The molecule has 5 nitrogen and oxygen atoms in total. The van der Waals surface area contributed by atoms with Crippen LogP contribution in [0.1, 0.15) is 57.6 Å². The lowest BCUT2D eigenvalue weighted by Gasteiger charge is -2.16. The second kappa shape index (κ2) is 8.13. The van der Waals surface area contributed by atoms with Gasteiger partial charge in [0, 0.05) is 5.56 Å². The van der Waals surface area contributed by atoms with E-state index in [-0.39, 0.29) is 18.8 Å². The van der Waals surface area contributed by atoms with Crippen LogP contribution >= 0.6 is 0 Å². The van der Waals surface area contributed by atoms with Crippen LogP contribution < -0.4 is 0 Å². The number of unbranched alkanes of at least 4 members (excludes halogenated alkanes) is 2. The minimum absolute atomic E-state index is 0.186. The number of carbonyl (C=O) groups excluding carboxylic acids is 2. The van der Waals surface area contributed by atoms with Gasteiger partial charge in [0.2, 0.25) is 5.78 Å². The fourth-order valence-electron chi connectivity index (χ4n) is 2.91. The van der Waals surface area contributed by atoms with Crippen LogP contribution in [0.2, 0.25) is 0 Å². The average molecular weight is 308 g/mol. The molecule has 0 N–H and O–H groups in total. The predicted octanol–water partition coefficient (Wildman–Crippen LogP) is 3.44. The van der Waals surface area contributed by atoms with Gasteiger partial charge in [-0.2, -0.15) is 0 Å². The molecule has 1 fully saturated rings. The largest absolute Gasteiger partial charge is 0.472 e. The van der Waals surface area contributed by atoms with Gasteiger partial charge in [-0.15, -0.1) is 0 Å². The molecule has 0 saturated carbocycles. The Morgan fingerprint density at radius 1 is 1.32 bits per heavy atom. The summed E-state index contributed by atoms with van der Waals surface area (Å²) in [5.41, 5.74) is 0.916. The lowest BCUT2D eigenvalue weighted by Crippen LogP contribution is -2.31. The summed E-state index contributed by atoms with van der Waals surface area (Å²) < 4.78 is 16.0. The number of esters is 1. The molecule has 22 heavy (non-hydrogen) atoms. The highest BCUT2D eigenvalue weighted by atomic mass is 16.5. The first-order valence-corrected chi connectivity index (χ1v) is 8.05. The van der Waals surface area contributed by atoms with Crippen molar-refractivity contribution < 1.29 is 23.5 Å². The van der Waals surface area contributed by atoms with Crippen molar-refractivity contribution in [3.05, 3.63) is 24.2 Å². The summed E-state index contributed by atoms with van der Waals surface area (Å²) in [4.78, 5) is 24.1. The van der Waals surface area contributed by atoms with Crippen LogP contribution in [0.15, 0.2) is 23.0 Å². The topological polar surface area (TPSA) is 65.7 Å². The molecular weight excluding hydrogens is 284 g/mol. The second-order valence-electron chi connectivity index (χ2n) is 5.64. The molecule has 5 heteroatoms. The van der Waals surface area contributed by atoms with Gasteiger partial charge in [0.1, 0.15) is 0 Å². The first-order chi connectivity index (χ1) is 10.7. The second-order valence-corrected chi connectivity index (χ2v) is 5.64. The first-order valence-electron chi connectivity index (χ1n) is 8.05. The Labute approximate surface area is 131 Å². The van der Waals surface area contributed by atoms with Gasteiger partial charge in [-0.3, -0.25) is 4.79 Å². The molecule has 0 amide bonds. The molecular formula is C17H24O5. The van der Waals surface area contributed by atoms with E-state index in [1.54, 1.807) is 19.5 Å². The van der Waals surface area contributed by atoms with Crippen LogP contribution in [0.3, 0.4) is 0 Å². The van der Waals surface area contributed by atoms with Crippen LogP contribution in [0, 0.1) is 5.92 Å². The molecule has 0 aliphatic carbocycles. The van der Waals surface area contributed by atoms with E-state index in [0.29, 0.717) is 6.42 Å². The molecule has 0 radical (unpaired) electrons. The number of Topliss-reactive ketones (excluding diaryl/α,β-unsaturated/α-hetero) is 1. The van der Waals surface area contributed by atoms with Crippen LogP contribution in [0.5, 0.6) is 0 Å². The molecule has 2 heterocycles. The summed E-state index contributed by atoms with van der Waals surface area (Å²) in [5.74, 6) is -1.63. The Kier molecular flexibility index (Phi) is 6.19. The van der Waals surface area contributed by atoms with Crippen molar-refractivity contribution in [1.82, 2.24) is 0 Å². The lowest BCUT2D eigenvalue weighted by molar-refractivity contribution is -0.156. The molecule has 2 rings (SSSR count). The quantitative estimate of drug-likeness (QED) is 0.418. The third-order valence-electron chi connectivity index (χ3n) is 4.08. The van der Waals surface area contributed by atoms with Crippen LogP contribution in [-0.4, -0.2) is 24.5 Å². The number of ketones is 1. The van der Waals surface area contributed by atoms with Crippen molar-refractivity contribution in [2.75, 3.05) is 6.61 Å². The van der Waals surface area contributed by atoms with Crippen LogP contribution in [0.25, 0.3) is 0 Å². The zero-order chi connectivity index (χ0) is 15.9. The number of furan rings is 1. The minimum Gasteiger partial charge on any atom is -0.472 e. The van der Waals surface area contributed by atoms with Gasteiger partial charge in [0.05, 0.1) is 37.3 Å². The maximum absolute atomic E-state index is 12.3. The molecule has 1 aromatic rings. The molecule has 0 aromatic carbocycles. The van der Waals surface area contributed by atoms with Crippen molar-refractivity contribution in [1.29, 1.82) is 0 Å². The fourth-order valence-corrected chi connectivity index (χ4v) is 2.91. The maximum atomic E-state index is 12.3. The summed E-state index contributed by atoms with van der Waals surface area (Å²) in [5, 5.41) is 0. The zero-order valence-electron chi connectivity index (χ0n) is 13.2. The Bertz CT molecular complexity index is 479. The average Bonchev–Trinajstić information content (AvgIpc) is 3.16. The van der Waals surface area contributed by atoms with E-state index in [0.717, 1.165) is 31.2 Å². The summed E-state index contributed by atoms with van der Waals surface area (Å²) >= 11 is 0. The number of hydrogen-bond donors (Lipinski definition) is 0. The van der Waals surface area contributed by atoms with Gasteiger partial charge in [-0.1, -0.05) is 26.2 Å². The van der Waals surface area contributed by atoms with Gasteiger partial charge in [-0.05, 0) is 25.8 Å². The summed E-state index contributed by atoms with van der Waals surface area (Å²) in [6.07, 6.45) is 7.30. The Morgan fingerprint density at radius 3 is 2.77 bits per heavy atom. The van der Waals surface area contributed by atoms with Gasteiger partial charge in [0.25, 0.3) is 0 Å². The highest BCUT2D eigenvalue weighted by Gasteiger charge is 2.42. The Hall–Kier alpha value is -1.62. The van der Waals surface area contributed by atoms with Gasteiger partial charge >= 0.3 is 5.97 Å². The fraction of sp³-hybridized carbons (Fsp3) is 0.647. The van der Waals surface area contributed by atoms with Crippen LogP contribution in [-0.2, 0) is 19.1 Å². The van der Waals surface area contributed by atoms with E-state index in [4.69, 9.17) is 13.9 Å². The van der Waals surface area contributed by atoms with Crippen molar-refractivity contribution in [2.45, 2.75) is 58.2 Å². The zero-order valence-corrected chi connectivity index (χ0v) is 13.2. The predicted molar refractivity (Wildman–Crippen MR) is 80.2 cm³/mol. The van der Waals surface area contributed by atoms with E-state index in [1.807, 2.05) is 6.07 Å². The van der Waals surface area contributed by atoms with Crippen LogP contribution in [0.4, 0.5) is 0 Å². The smallest absolute Gasteiger partial charge is 0.374 e. The van der Waals surface area contributed by atoms with Crippen molar-refractivity contribution in [3.63, 3.8) is 0 Å². The van der Waals surface area contributed by atoms with E-state index in [9.17, 15) is 9.59 Å². The monoisotopic (exact) mass is 308 g/mol. The maximum Gasteiger partial charge on any atom is 0.374 e. The first kappa shape index (κ1) is 16.7. The van der Waals surface area contributed by atoms with Crippen molar-refractivity contribution in [3.8, 4) is 0 Å². The summed E-state index contributed by atoms with van der Waals surface area (Å²) in [7, 11) is 0. The Balaban J connectivity index is 2.05. The van der Waals surface area contributed by atoms with E-state index in [1.165, 1.54) is 0 Å². The standard InChI is InChI=1S/C17H24O5/c1-3-5-6-7-14-13(16(18)17(19)21-4-2)10-15(22-14)12-8-9-20-11-12/h8-9,11,13-15H,3-7,10H2,1-2H3/t13-,14-,15-/m0/s1. The lowest BCUT2D eigenvalue weighted by atomic mass is 9.90. The molecule has 1 aliphatic rings. The minimum atomic E-state index is -0.746. The van der Waals surface area contributed by atoms with Gasteiger partial charge in [0.15, 0.2) is 0 Å². The van der Waals surface area contributed by atoms with Crippen molar-refractivity contribution >= 4 is 11.8 Å². The molecule has 0 spiro atoms. The number of carbonyl (C=O) groups is 2. The number of ether oxygens (including phenoxy) is 2. The molecule has 122 valence electrons. The number of hydrogen-bond acceptors (Lipinski definition) is 5. The highest BCUT2D eigenvalue weighted by Crippen LogP contribution is 2.39. The molecule has 1 aromatic heterocycles. The van der Waals surface area contributed by atoms with Gasteiger partial charge < -0.3 is 13.9 Å². The van der Waals surface area contributed by atoms with Gasteiger partial charge in [-0.25, -0.2) is 4.79 Å². The third-order valence-corrected chi connectivity index (χ3v) is 4.08. The molecule has 1 saturated heterocycles. The molecule has 1 aliphatic heterocycles. The molecule has 3 atom stereocenters. The normalized spacial score (nSPS) is 24.4. The van der Waals surface area contributed by atoms with E-state index in [2.05, 4.69) is 6.92 Å². The highest BCUT2D eigenvalue weighted by molar-refractivity contribution is 6.34. The molecule has 0 bridgehead atoms. The summed E-state index contributed by atoms with van der Waals surface area (Å²) in [6, 6.07) is 1.84. The Morgan fingerprint density at radius 2 is 2.14 bits per heavy atom. The SMILES string of the molecule is CCCCC[C@@H]1O[C@H](c2ccoc2)C[C@@H]1C(=O)C(=O)OCC. The summed E-state index contributed by atoms with van der Waals surface area (Å²) in [6.45, 7) is 4.04. The van der Waals surface area contributed by atoms with Crippen molar-refractivity contribution in [2.24, 2.45) is 5.92 Å². The number of rotatable bonds is 8. The third kappa shape index (κ3) is 3.97.